The number of rotatable bonds is 5. The van der Waals surface area contributed by atoms with Crippen molar-refractivity contribution in [2.24, 2.45) is 0 Å². The predicted molar refractivity (Wildman–Crippen MR) is 46.4 cm³/mol. The first-order chi connectivity index (χ1) is 5.00. The van der Waals surface area contributed by atoms with Crippen LogP contribution in [-0.2, 0) is 4.79 Å². The topological polar surface area (TPSA) is 57.5 Å². The highest BCUT2D eigenvalue weighted by molar-refractivity contribution is 7.81. The molecule has 11 heavy (non-hydrogen) atoms. The molecule has 3 nitrogen and oxygen atoms in total. The van der Waals surface area contributed by atoms with Gasteiger partial charge in [0.25, 0.3) is 0 Å². The lowest BCUT2D eigenvalue weighted by Crippen LogP contribution is -2.05. The molecule has 0 unspecified atom stereocenters. The van der Waals surface area contributed by atoms with Crippen LogP contribution in [-0.4, -0.2) is 21.5 Å². The first-order valence-corrected chi connectivity index (χ1v) is 5.73. The molecule has 0 aromatic rings. The molecule has 0 aliphatic rings. The summed E-state index contributed by atoms with van der Waals surface area (Å²) < 4.78 is 0. The standard InChI is InChI=1S/C7H16O3P/c1-3-4-5-6-11(9,10)7(2)8/h9-10H,3-6H2,1-2H3/q+1. The summed E-state index contributed by atoms with van der Waals surface area (Å²) in [7, 11) is -3.18. The summed E-state index contributed by atoms with van der Waals surface area (Å²) in [6.07, 6.45) is 2.97. The number of unbranched alkanes of at least 4 members (excludes halogenated alkanes) is 2. The molecule has 0 saturated heterocycles. The molecule has 2 N–H and O–H groups in total. The van der Waals surface area contributed by atoms with Crippen molar-refractivity contribution in [2.45, 2.75) is 33.1 Å². The largest absolute Gasteiger partial charge is 0.336 e. The maximum atomic E-state index is 10.6. The Hall–Kier alpha value is 0.0200. The van der Waals surface area contributed by atoms with Gasteiger partial charge in [0.2, 0.25) is 0 Å². The third-order valence-electron chi connectivity index (χ3n) is 1.58. The maximum absolute atomic E-state index is 10.6. The van der Waals surface area contributed by atoms with Crippen LogP contribution in [0.1, 0.15) is 33.1 Å². The molecule has 0 aliphatic heterocycles. The van der Waals surface area contributed by atoms with E-state index in [-0.39, 0.29) is 6.16 Å². The van der Waals surface area contributed by atoms with E-state index in [1.54, 1.807) is 0 Å². The van der Waals surface area contributed by atoms with Gasteiger partial charge in [-0.2, -0.15) is 0 Å². The quantitative estimate of drug-likeness (QED) is 0.497. The first kappa shape index (κ1) is 11.0. The van der Waals surface area contributed by atoms with Crippen LogP contribution >= 0.6 is 7.72 Å². The second-order valence-electron chi connectivity index (χ2n) is 2.68. The Kier molecular flexibility index (Phi) is 4.82. The summed E-state index contributed by atoms with van der Waals surface area (Å²) >= 11 is 0. The van der Waals surface area contributed by atoms with Gasteiger partial charge in [-0.15, -0.1) is 0 Å². The van der Waals surface area contributed by atoms with Crippen molar-refractivity contribution in [3.05, 3.63) is 0 Å². The summed E-state index contributed by atoms with van der Waals surface area (Å²) in [4.78, 5) is 28.9. The Bertz CT molecular complexity index is 134. The van der Waals surface area contributed by atoms with E-state index < -0.39 is 13.2 Å². The van der Waals surface area contributed by atoms with Gasteiger partial charge in [0.15, 0.2) is 0 Å². The lowest BCUT2D eigenvalue weighted by Gasteiger charge is -2.06. The number of carbonyl (C=O) groups excluding carboxylic acids is 1. The van der Waals surface area contributed by atoms with E-state index in [4.69, 9.17) is 9.79 Å². The molecular weight excluding hydrogens is 163 g/mol. The average molecular weight is 179 g/mol. The predicted octanol–water partition coefficient (Wildman–Crippen LogP) is 1.56. The van der Waals surface area contributed by atoms with Crippen molar-refractivity contribution >= 4 is 13.2 Å². The highest BCUT2D eigenvalue weighted by Gasteiger charge is 2.38. The van der Waals surface area contributed by atoms with Crippen molar-refractivity contribution in [1.82, 2.24) is 0 Å². The lowest BCUT2D eigenvalue weighted by molar-refractivity contribution is -0.111. The molecule has 0 bridgehead atoms. The second kappa shape index (κ2) is 4.81. The van der Waals surface area contributed by atoms with Gasteiger partial charge < -0.3 is 0 Å². The molecule has 0 aromatic heterocycles. The van der Waals surface area contributed by atoms with Crippen molar-refractivity contribution in [3.63, 3.8) is 0 Å². The third kappa shape index (κ3) is 4.46. The Morgan fingerprint density at radius 2 is 1.91 bits per heavy atom. The van der Waals surface area contributed by atoms with Gasteiger partial charge in [-0.1, -0.05) is 13.3 Å². The van der Waals surface area contributed by atoms with E-state index in [0.717, 1.165) is 19.3 Å². The highest BCUT2D eigenvalue weighted by atomic mass is 31.2. The monoisotopic (exact) mass is 179 g/mol. The van der Waals surface area contributed by atoms with Gasteiger partial charge >= 0.3 is 13.2 Å². The fraction of sp³-hybridized carbons (Fsp3) is 0.857. The minimum absolute atomic E-state index is 0.260. The molecular formula is C7H16O3P+. The normalized spacial score (nSPS) is 11.6. The summed E-state index contributed by atoms with van der Waals surface area (Å²) in [5.74, 6) is 0. The van der Waals surface area contributed by atoms with Gasteiger partial charge in [-0.3, -0.25) is 0 Å². The van der Waals surface area contributed by atoms with Gasteiger partial charge in [-0.25, -0.2) is 14.6 Å². The van der Waals surface area contributed by atoms with Gasteiger partial charge in [0.05, 0.1) is 0 Å². The van der Waals surface area contributed by atoms with Crippen LogP contribution in [0.15, 0.2) is 0 Å². The Labute approximate surface area is 67.9 Å². The summed E-state index contributed by atoms with van der Waals surface area (Å²) in [5.41, 5.74) is -0.464. The van der Waals surface area contributed by atoms with E-state index in [0.29, 0.717) is 0 Å². The minimum atomic E-state index is -3.18. The molecule has 0 radical (unpaired) electrons. The van der Waals surface area contributed by atoms with E-state index in [9.17, 15) is 4.79 Å². The molecule has 4 heteroatoms. The smallest absolute Gasteiger partial charge is 0.247 e. The highest BCUT2D eigenvalue weighted by Crippen LogP contribution is 2.51. The van der Waals surface area contributed by atoms with Gasteiger partial charge in [0, 0.05) is 6.92 Å². The van der Waals surface area contributed by atoms with Crippen LogP contribution in [0.4, 0.5) is 0 Å². The van der Waals surface area contributed by atoms with Crippen molar-refractivity contribution in [3.8, 4) is 0 Å². The first-order valence-electron chi connectivity index (χ1n) is 3.85. The molecule has 0 heterocycles. The van der Waals surface area contributed by atoms with Crippen LogP contribution in [0.3, 0.4) is 0 Å². The number of carbonyl (C=O) groups is 1. The molecule has 0 aromatic carbocycles. The molecule has 0 rings (SSSR count). The molecule has 66 valence electrons. The SMILES string of the molecule is CCCCC[P+](O)(O)C(C)=O. The Morgan fingerprint density at radius 1 is 1.36 bits per heavy atom. The lowest BCUT2D eigenvalue weighted by atomic mass is 10.3. The van der Waals surface area contributed by atoms with Gasteiger partial charge in [-0.05, 0) is 12.8 Å². The van der Waals surface area contributed by atoms with Crippen LogP contribution in [0, 0.1) is 0 Å². The molecule has 0 saturated carbocycles. The number of hydrogen-bond donors (Lipinski definition) is 2. The van der Waals surface area contributed by atoms with Crippen molar-refractivity contribution < 1.29 is 14.6 Å². The summed E-state index contributed by atoms with van der Waals surface area (Å²) in [5, 5.41) is 0. The van der Waals surface area contributed by atoms with E-state index in [1.807, 2.05) is 6.92 Å². The summed E-state index contributed by atoms with van der Waals surface area (Å²) in [6, 6.07) is 0. The maximum Gasteiger partial charge on any atom is 0.336 e. The van der Waals surface area contributed by atoms with Crippen molar-refractivity contribution in [2.75, 3.05) is 6.16 Å². The zero-order valence-electron chi connectivity index (χ0n) is 7.08. The van der Waals surface area contributed by atoms with Crippen LogP contribution in [0.2, 0.25) is 0 Å². The Morgan fingerprint density at radius 3 is 2.27 bits per heavy atom. The van der Waals surface area contributed by atoms with Crippen LogP contribution in [0.25, 0.3) is 0 Å². The van der Waals surface area contributed by atoms with Crippen molar-refractivity contribution in [1.29, 1.82) is 0 Å². The fourth-order valence-corrected chi connectivity index (χ4v) is 1.72. The molecule has 0 fully saturated rings. The average Bonchev–Trinajstić information content (AvgIpc) is 1.88. The molecule has 0 spiro atoms. The van der Waals surface area contributed by atoms with Gasteiger partial charge in [0.1, 0.15) is 6.16 Å². The van der Waals surface area contributed by atoms with E-state index in [1.165, 1.54) is 6.92 Å². The summed E-state index contributed by atoms with van der Waals surface area (Å²) in [6.45, 7) is 3.27. The molecule has 0 atom stereocenters. The van der Waals surface area contributed by atoms with Crippen LogP contribution in [0.5, 0.6) is 0 Å². The van der Waals surface area contributed by atoms with Crippen LogP contribution < -0.4 is 0 Å². The Balaban J connectivity index is 3.64. The fourth-order valence-electron chi connectivity index (χ4n) is 0.740. The zero-order valence-corrected chi connectivity index (χ0v) is 7.97. The number of hydrogen-bond acceptors (Lipinski definition) is 3. The third-order valence-corrected chi connectivity index (χ3v) is 3.53. The van der Waals surface area contributed by atoms with E-state index in [2.05, 4.69) is 0 Å². The minimum Gasteiger partial charge on any atom is -0.247 e. The second-order valence-corrected chi connectivity index (χ2v) is 5.22. The molecule has 0 aliphatic carbocycles. The van der Waals surface area contributed by atoms with E-state index >= 15 is 0 Å². The zero-order chi connectivity index (χ0) is 8.91. The molecule has 0 amide bonds.